The Labute approximate surface area is 816 Å². The zero-order chi connectivity index (χ0) is 106. The Bertz CT molecular complexity index is 8790. The molecule has 0 bridgehead atoms. The molecule has 0 radical (unpaired) electrons. The van der Waals surface area contributed by atoms with Crippen LogP contribution >= 0.6 is 44.0 Å². The molecular formula is C100H41F16N18O4S6-. The minimum atomic E-state index is -11.4. The Morgan fingerprint density at radius 3 is 0.910 bits per heavy atom. The van der Waals surface area contributed by atoms with Gasteiger partial charge in [0.15, 0.2) is 26.9 Å². The van der Waals surface area contributed by atoms with Gasteiger partial charge in [0.1, 0.15) is 102 Å². The highest BCUT2D eigenvalue weighted by Gasteiger charge is 2.73. The lowest BCUT2D eigenvalue weighted by atomic mass is 9.93. The Morgan fingerprint density at radius 1 is 0.368 bits per heavy atom. The van der Waals surface area contributed by atoms with Gasteiger partial charge in [-0.05, 0) is 225 Å². The minimum Gasteiger partial charge on any atom is -0.772 e. The zero-order valence-corrected chi connectivity index (χ0v) is 76.9. The number of thioether (sulfide) groups is 2. The summed E-state index contributed by atoms with van der Waals surface area (Å²) < 4.78 is 294. The van der Waals surface area contributed by atoms with Gasteiger partial charge in [-0.1, -0.05) is 141 Å². The maximum Gasteiger partial charge on any atom is 0.523 e. The number of rotatable bonds is 13. The standard InChI is InChI=1S/C34H12F6N6S2.C34H18N6O4S2.C32H12F10N6S2/c1-44-21-9-5-8-19(11-21)27-25(32(45-2)46-3)13-24-29(27)30(47-33(35,36)37)23-12-22(20(15-42)16-43)26(18-7-4-6-17(10-18)14-41)28(23)31(24)48-34(38,39)40;1-38-23-10-6-9-21(12-23)30-27(34(39-2)40-3)14-25-28(18-45(41)42)31-26(33(32(25)30)46(4,43)44)13-24(22(16-36)17-37)29(31)20-8-5-7-19(11-20)15-35;1-46-21-9-5-8-19(11-21)27-25(32(47-2)48-3)13-24-29(27)30(49(33,34,35,36)37)23-12-22(20(15-44)16-45)26(18-7-4-6-17(10-18)14-43)28(23)31(24)50(38,39,40,41)42/h4-11H,12-13H2;5-12H,13-14,18H2,4H3,(H,41,42);4-11H,12-13H2/p-1. The third-order valence-electron chi connectivity index (χ3n) is 22.9. The Hall–Kier alpha value is -18.2. The quantitative estimate of drug-likeness (QED) is 0.0340. The maximum absolute atomic E-state index is 15.5. The summed E-state index contributed by atoms with van der Waals surface area (Å²) in [6, 6.07) is 46.3. The van der Waals surface area contributed by atoms with Crippen LogP contribution in [0.25, 0.3) is 77.0 Å². The van der Waals surface area contributed by atoms with Gasteiger partial charge >= 0.3 is 48.9 Å². The van der Waals surface area contributed by atoms with Crippen LogP contribution in [0.4, 0.5) is 82.3 Å². The average Bonchev–Trinajstić information content (AvgIpc) is 1.43. The van der Waals surface area contributed by atoms with Crippen LogP contribution in [0.2, 0.25) is 0 Å². The summed E-state index contributed by atoms with van der Waals surface area (Å²) in [6.07, 6.45) is -3.85. The van der Waals surface area contributed by atoms with Crippen LogP contribution in [0.15, 0.2) is 238 Å². The van der Waals surface area contributed by atoms with E-state index in [4.69, 9.17) is 59.1 Å². The molecule has 0 aliphatic heterocycles. The number of benzene rings is 9. The van der Waals surface area contributed by atoms with E-state index >= 15 is 38.9 Å². The number of nitrogens with zero attached hydrogens (tertiary/aromatic N) is 18. The summed E-state index contributed by atoms with van der Waals surface area (Å²) in [5.41, 5.74) is -20.6. The molecule has 44 heteroatoms. The molecule has 6 aliphatic rings. The Balaban J connectivity index is 0.000000181. The molecule has 0 heterocycles. The van der Waals surface area contributed by atoms with E-state index < -0.39 is 205 Å². The molecule has 22 nitrogen and oxygen atoms in total. The van der Waals surface area contributed by atoms with Gasteiger partial charge in [0.05, 0.1) is 76.2 Å². The first-order valence-corrected chi connectivity index (χ1v) is 48.5. The van der Waals surface area contributed by atoms with E-state index in [0.29, 0.717) is 11.1 Å². The van der Waals surface area contributed by atoms with Crippen molar-refractivity contribution >= 4 is 115 Å². The summed E-state index contributed by atoms with van der Waals surface area (Å²) in [6.45, 7) is 67.6. The largest absolute Gasteiger partial charge is 0.772 e. The summed E-state index contributed by atoms with van der Waals surface area (Å²) in [7, 11) is -26.9. The van der Waals surface area contributed by atoms with Gasteiger partial charge in [0.25, 0.3) is 0 Å². The third kappa shape index (κ3) is 19.5. The zero-order valence-electron chi connectivity index (χ0n) is 72.0. The van der Waals surface area contributed by atoms with Crippen LogP contribution in [0.5, 0.6) is 0 Å². The van der Waals surface area contributed by atoms with Crippen molar-refractivity contribution in [2.75, 3.05) is 6.26 Å². The van der Waals surface area contributed by atoms with Crippen LogP contribution in [0, 0.1) is 161 Å². The predicted octanol–water partition coefficient (Wildman–Crippen LogP) is 22.4. The monoisotopic (exact) mass is 2050 g/mol. The topological polar surface area (TPSA) is 328 Å². The van der Waals surface area contributed by atoms with Crippen molar-refractivity contribution in [1.29, 1.82) is 47.4 Å². The fraction of sp³-hybridized carbons (Fsp3) is 0.100. The molecule has 1 atom stereocenters. The molecule has 1 unspecified atom stereocenters. The third-order valence-corrected chi connectivity index (χ3v) is 28.8. The molecule has 0 aromatic heterocycles. The maximum atomic E-state index is 15.5. The number of alkyl halides is 6. The van der Waals surface area contributed by atoms with E-state index in [-0.39, 0.29) is 167 Å². The van der Waals surface area contributed by atoms with Crippen molar-refractivity contribution in [1.82, 2.24) is 0 Å². The SMILES string of the molecule is [C-]#[N+]C([N+]#[C-])=C1Cc2c(CS(=O)[O-])c3c(c(S(C)(=O)=O)c2=C1c1cccc([N+]#[C-])c1)CC(=C(C#N)C#N)C=3c1cccc(C#N)c1.[C-]#[N+]C([N+]#[C-])=C1Cc2c(S(F)(F)(F)(F)F)c3c(c(S(F)(F)(F)(F)F)c2=C1c1cccc([N+]#[C-])c1)CC(=C(C#N)C#N)C=3c1cccc(C#N)c1.[C-]#[N+]C([N+]#[C-])=C1Cc2c(SC(F)(F)F)c3c(c(SC(F)(F)F)c2=C1c1cccc([N+]#[C-])c1)CC(=C(C#N)C#N)C=3c1cccc(C#N)c1. The molecule has 9 aromatic rings. The van der Waals surface area contributed by atoms with Crippen LogP contribution in [0.1, 0.15) is 89.0 Å². The molecule has 0 saturated carbocycles. The van der Waals surface area contributed by atoms with Crippen molar-refractivity contribution in [2.24, 2.45) is 0 Å². The fourth-order valence-electron chi connectivity index (χ4n) is 18.2. The van der Waals surface area contributed by atoms with Gasteiger partial charge in [0.2, 0.25) is 0 Å². The lowest BCUT2D eigenvalue weighted by Crippen LogP contribution is -2.34. The highest BCUT2D eigenvalue weighted by molar-refractivity contribution is 8.46. The van der Waals surface area contributed by atoms with Crippen molar-refractivity contribution in [3.05, 3.63) is 436 Å². The van der Waals surface area contributed by atoms with Crippen molar-refractivity contribution < 1.29 is 82.4 Å². The summed E-state index contributed by atoms with van der Waals surface area (Å²) in [5, 5.41) is 82.9. The van der Waals surface area contributed by atoms with Gasteiger partial charge in [-0.3, -0.25) is 4.21 Å². The number of hydrogen-bond donors (Lipinski definition) is 0. The first kappa shape index (κ1) is 103. The molecule has 15 rings (SSSR count). The number of nitriles is 9. The lowest BCUT2D eigenvalue weighted by molar-refractivity contribution is -0.0339. The van der Waals surface area contributed by atoms with E-state index in [1.807, 2.05) is 24.3 Å². The van der Waals surface area contributed by atoms with Crippen LogP contribution in [0.3, 0.4) is 0 Å². The number of allylic oxidation sites excluding steroid dienone is 9. The van der Waals surface area contributed by atoms with E-state index in [1.165, 1.54) is 72.8 Å². The number of hydrogen-bond acceptors (Lipinski definition) is 15. The second kappa shape index (κ2) is 36.9. The number of sulfone groups is 1. The highest BCUT2D eigenvalue weighted by Crippen LogP contribution is 3.04. The second-order valence-electron chi connectivity index (χ2n) is 31.2. The predicted molar refractivity (Wildman–Crippen MR) is 494 cm³/mol. The molecule has 0 spiro atoms. The molecule has 144 heavy (non-hydrogen) atoms. The minimum absolute atomic E-state index is 0.0574. The molecule has 9 aromatic carbocycles. The number of fused-ring (bicyclic) bond motifs is 6. The van der Waals surface area contributed by atoms with E-state index in [1.54, 1.807) is 54.6 Å². The van der Waals surface area contributed by atoms with Gasteiger partial charge in [0, 0.05) is 67.2 Å². The van der Waals surface area contributed by atoms with Crippen LogP contribution < -0.4 is 31.3 Å². The van der Waals surface area contributed by atoms with Gasteiger partial charge in [-0.25, -0.2) is 23.0 Å². The lowest BCUT2D eigenvalue weighted by Gasteiger charge is -2.45. The van der Waals surface area contributed by atoms with Crippen LogP contribution in [-0.2, 0) is 65.2 Å². The molecule has 704 valence electrons. The van der Waals surface area contributed by atoms with E-state index in [9.17, 15) is 90.9 Å². The first-order chi connectivity index (χ1) is 67.6. The summed E-state index contributed by atoms with van der Waals surface area (Å²) >= 11 is -3.90. The smallest absolute Gasteiger partial charge is 0.523 e. The molecule has 0 fully saturated rings. The van der Waals surface area contributed by atoms with Gasteiger partial charge in [-0.15, -0.1) is 0 Å². The summed E-state index contributed by atoms with van der Waals surface area (Å²) in [5.74, 6) is -2.71. The average molecular weight is 2050 g/mol. The normalized spacial score (nSPS) is 14.5. The van der Waals surface area contributed by atoms with E-state index in [2.05, 4.69) is 43.6 Å². The van der Waals surface area contributed by atoms with Gasteiger partial charge < -0.3 is 4.55 Å². The summed E-state index contributed by atoms with van der Waals surface area (Å²) in [4.78, 5) is 21.5. The molecule has 6 aliphatic carbocycles. The Morgan fingerprint density at radius 2 is 0.625 bits per heavy atom. The van der Waals surface area contributed by atoms with Crippen molar-refractivity contribution in [3.63, 3.8) is 0 Å². The highest BCUT2D eigenvalue weighted by atomic mass is 32.5. The first-order valence-electron chi connectivity index (χ1n) is 39.8. The van der Waals surface area contributed by atoms with Crippen molar-refractivity contribution in [2.45, 2.75) is 79.8 Å². The molecule has 0 N–H and O–H groups in total. The molecule has 0 saturated heterocycles. The van der Waals surface area contributed by atoms with Crippen molar-refractivity contribution in [3.8, 4) is 54.6 Å². The van der Waals surface area contributed by atoms with E-state index in [0.717, 1.165) is 54.8 Å². The number of halogens is 16. The molecular weight excluding hydrogens is 2010 g/mol. The second-order valence-corrected chi connectivity index (χ2v) is 40.9. The van der Waals surface area contributed by atoms with Crippen LogP contribution in [-0.4, -0.2) is 34.5 Å². The molecule has 0 amide bonds. The fourth-order valence-corrected chi connectivity index (χ4v) is 24.1. The Kier molecular flexibility index (Phi) is 26.4. The van der Waals surface area contributed by atoms with Gasteiger partial charge in [-0.2, -0.15) is 103 Å².